The van der Waals surface area contributed by atoms with Crippen LogP contribution in [-0.4, -0.2) is 36.3 Å². The van der Waals surface area contributed by atoms with Gasteiger partial charge in [-0.15, -0.1) is 0 Å². The highest BCUT2D eigenvalue weighted by Gasteiger charge is 2.42. The zero-order chi connectivity index (χ0) is 14.1. The van der Waals surface area contributed by atoms with E-state index in [0.29, 0.717) is 31.8 Å². The van der Waals surface area contributed by atoms with Gasteiger partial charge in [-0.2, -0.15) is 17.4 Å². The van der Waals surface area contributed by atoms with Crippen LogP contribution in [0.25, 0.3) is 0 Å². The lowest BCUT2D eigenvalue weighted by Gasteiger charge is -2.35. The molecule has 2 fully saturated rings. The molecule has 110 valence electrons. The van der Waals surface area contributed by atoms with Crippen molar-refractivity contribution in [2.24, 2.45) is 11.7 Å². The highest BCUT2D eigenvalue weighted by molar-refractivity contribution is 7.87. The van der Waals surface area contributed by atoms with E-state index in [9.17, 15) is 8.42 Å². The normalized spacial score (nSPS) is 28.4. The number of nitrogens with one attached hydrogen (secondary N) is 1. The first-order chi connectivity index (χ1) is 8.86. The number of rotatable bonds is 4. The fourth-order valence-corrected chi connectivity index (χ4v) is 5.13. The van der Waals surface area contributed by atoms with Crippen molar-refractivity contribution in [2.45, 2.75) is 51.0 Å². The van der Waals surface area contributed by atoms with Crippen LogP contribution in [0.5, 0.6) is 0 Å². The highest BCUT2D eigenvalue weighted by Crippen LogP contribution is 2.31. The monoisotopic (exact) mass is 305 g/mol. The van der Waals surface area contributed by atoms with E-state index in [1.807, 2.05) is 0 Å². The quantitative estimate of drug-likeness (QED) is 0.764. The summed E-state index contributed by atoms with van der Waals surface area (Å²) in [6, 6.07) is 0. The number of hydrogen-bond acceptors (Lipinski definition) is 3. The van der Waals surface area contributed by atoms with Crippen molar-refractivity contribution in [1.82, 2.24) is 9.03 Å². The second-order valence-electron chi connectivity index (χ2n) is 5.87. The molecular formula is C12H23N3O2S2. The van der Waals surface area contributed by atoms with E-state index >= 15 is 0 Å². The average molecular weight is 305 g/mol. The number of thiocarbonyl (C=S) groups is 1. The molecule has 0 bridgehead atoms. The van der Waals surface area contributed by atoms with Gasteiger partial charge in [0.1, 0.15) is 0 Å². The van der Waals surface area contributed by atoms with Crippen LogP contribution in [0.2, 0.25) is 0 Å². The van der Waals surface area contributed by atoms with Crippen LogP contribution in [0, 0.1) is 5.92 Å². The Kier molecular flexibility index (Phi) is 4.49. The Balaban J connectivity index is 2.13. The van der Waals surface area contributed by atoms with Crippen LogP contribution in [0.15, 0.2) is 0 Å². The molecule has 2 rings (SSSR count). The molecule has 0 aromatic carbocycles. The van der Waals surface area contributed by atoms with E-state index < -0.39 is 15.7 Å². The van der Waals surface area contributed by atoms with Gasteiger partial charge in [0.15, 0.2) is 0 Å². The molecule has 19 heavy (non-hydrogen) atoms. The topological polar surface area (TPSA) is 75.4 Å². The molecule has 1 unspecified atom stereocenters. The van der Waals surface area contributed by atoms with E-state index in [1.54, 1.807) is 4.31 Å². The molecule has 1 saturated heterocycles. The molecule has 1 heterocycles. The third-order valence-electron chi connectivity index (χ3n) is 4.21. The predicted octanol–water partition coefficient (Wildman–Crippen LogP) is 1.15. The van der Waals surface area contributed by atoms with Crippen LogP contribution in [0.1, 0.15) is 45.4 Å². The average Bonchev–Trinajstić information content (AvgIpc) is 2.78. The van der Waals surface area contributed by atoms with Gasteiger partial charge in [0.25, 0.3) is 10.2 Å². The maximum atomic E-state index is 12.5. The molecule has 0 aromatic rings. The summed E-state index contributed by atoms with van der Waals surface area (Å²) >= 11 is 5.09. The van der Waals surface area contributed by atoms with Crippen LogP contribution in [0.4, 0.5) is 0 Å². The standard InChI is InChI=1S/C12H23N3O2S2/c1-10-5-4-8-15(9-10)19(16,17)14-12(11(13)18)6-2-3-7-12/h10,14H,2-9H2,1H3,(H2,13,18). The van der Waals surface area contributed by atoms with Crippen molar-refractivity contribution in [3.63, 3.8) is 0 Å². The van der Waals surface area contributed by atoms with Crippen molar-refractivity contribution in [3.8, 4) is 0 Å². The summed E-state index contributed by atoms with van der Waals surface area (Å²) in [5, 5.41) is 0. The Morgan fingerprint density at radius 1 is 1.37 bits per heavy atom. The van der Waals surface area contributed by atoms with Gasteiger partial charge in [-0.25, -0.2) is 0 Å². The zero-order valence-corrected chi connectivity index (χ0v) is 13.0. The maximum absolute atomic E-state index is 12.5. The summed E-state index contributed by atoms with van der Waals surface area (Å²) in [4.78, 5) is 0.277. The molecule has 1 aliphatic heterocycles. The van der Waals surface area contributed by atoms with Gasteiger partial charge in [-0.05, 0) is 31.6 Å². The van der Waals surface area contributed by atoms with Gasteiger partial charge in [-0.3, -0.25) is 0 Å². The Morgan fingerprint density at radius 2 is 2.00 bits per heavy atom. The molecule has 0 spiro atoms. The minimum absolute atomic E-state index is 0.277. The zero-order valence-electron chi connectivity index (χ0n) is 11.4. The van der Waals surface area contributed by atoms with Crippen molar-refractivity contribution >= 4 is 27.4 Å². The highest BCUT2D eigenvalue weighted by atomic mass is 32.2. The van der Waals surface area contributed by atoms with Gasteiger partial charge in [0, 0.05) is 13.1 Å². The van der Waals surface area contributed by atoms with E-state index in [-0.39, 0.29) is 4.99 Å². The molecule has 3 N–H and O–H groups in total. The molecule has 5 nitrogen and oxygen atoms in total. The Bertz CT molecular complexity index is 444. The molecule has 0 radical (unpaired) electrons. The third kappa shape index (κ3) is 3.26. The first kappa shape index (κ1) is 15.2. The third-order valence-corrected chi connectivity index (χ3v) is 6.26. The second kappa shape index (κ2) is 5.63. The Morgan fingerprint density at radius 3 is 2.53 bits per heavy atom. The van der Waals surface area contributed by atoms with Crippen LogP contribution >= 0.6 is 12.2 Å². The van der Waals surface area contributed by atoms with Gasteiger partial charge >= 0.3 is 0 Å². The lowest BCUT2D eigenvalue weighted by molar-refractivity contribution is 0.275. The van der Waals surface area contributed by atoms with Crippen LogP contribution in [-0.2, 0) is 10.2 Å². The molecule has 7 heteroatoms. The van der Waals surface area contributed by atoms with Crippen molar-refractivity contribution < 1.29 is 8.42 Å². The summed E-state index contributed by atoms with van der Waals surface area (Å²) < 4.78 is 29.3. The number of piperidine rings is 1. The number of nitrogens with two attached hydrogens (primary N) is 1. The Hall–Kier alpha value is -0.240. The maximum Gasteiger partial charge on any atom is 0.280 e. The predicted molar refractivity (Wildman–Crippen MR) is 80.0 cm³/mol. The summed E-state index contributed by atoms with van der Waals surface area (Å²) in [6.45, 7) is 3.26. The summed E-state index contributed by atoms with van der Waals surface area (Å²) in [7, 11) is -3.49. The summed E-state index contributed by atoms with van der Waals surface area (Å²) in [5.41, 5.74) is 5.08. The van der Waals surface area contributed by atoms with Crippen molar-refractivity contribution in [2.75, 3.05) is 13.1 Å². The van der Waals surface area contributed by atoms with Gasteiger partial charge in [0.05, 0.1) is 10.5 Å². The van der Waals surface area contributed by atoms with Crippen molar-refractivity contribution in [1.29, 1.82) is 0 Å². The van der Waals surface area contributed by atoms with E-state index in [1.165, 1.54) is 0 Å². The largest absolute Gasteiger partial charge is 0.392 e. The lowest BCUT2D eigenvalue weighted by atomic mass is 10.00. The van der Waals surface area contributed by atoms with E-state index in [0.717, 1.165) is 25.7 Å². The number of hydrogen-bond donors (Lipinski definition) is 2. The van der Waals surface area contributed by atoms with E-state index in [2.05, 4.69) is 11.6 Å². The smallest absolute Gasteiger partial charge is 0.280 e. The summed E-state index contributed by atoms with van der Waals surface area (Å²) in [5.74, 6) is 0.412. The van der Waals surface area contributed by atoms with Gasteiger partial charge < -0.3 is 5.73 Å². The molecular weight excluding hydrogens is 282 g/mol. The molecule has 1 aliphatic carbocycles. The fourth-order valence-electron chi connectivity index (χ4n) is 3.05. The number of nitrogens with zero attached hydrogens (tertiary/aromatic N) is 1. The Labute approximate surface area is 121 Å². The molecule has 1 atom stereocenters. The van der Waals surface area contributed by atoms with E-state index in [4.69, 9.17) is 18.0 Å². The lowest BCUT2D eigenvalue weighted by Crippen LogP contribution is -2.59. The SMILES string of the molecule is CC1CCCN(S(=O)(=O)NC2(C(N)=S)CCCC2)C1. The molecule has 0 aromatic heterocycles. The minimum atomic E-state index is -3.49. The molecule has 0 amide bonds. The minimum Gasteiger partial charge on any atom is -0.392 e. The van der Waals surface area contributed by atoms with Gasteiger partial charge in [0.2, 0.25) is 0 Å². The first-order valence-corrected chi connectivity index (χ1v) is 8.79. The van der Waals surface area contributed by atoms with Crippen molar-refractivity contribution in [3.05, 3.63) is 0 Å². The first-order valence-electron chi connectivity index (χ1n) is 6.95. The van der Waals surface area contributed by atoms with Crippen LogP contribution in [0.3, 0.4) is 0 Å². The molecule has 1 saturated carbocycles. The summed E-state index contributed by atoms with van der Waals surface area (Å²) in [6.07, 6.45) is 5.37. The van der Waals surface area contributed by atoms with Gasteiger partial charge in [-0.1, -0.05) is 32.0 Å². The molecule has 2 aliphatic rings. The second-order valence-corrected chi connectivity index (χ2v) is 7.98. The fraction of sp³-hybridized carbons (Fsp3) is 0.917. The van der Waals surface area contributed by atoms with Crippen LogP contribution < -0.4 is 10.5 Å².